The molecular weight excluding hydrogens is 288 g/mol. The zero-order valence-electron chi connectivity index (χ0n) is 10.9. The van der Waals surface area contributed by atoms with Gasteiger partial charge in [-0.3, -0.25) is 0 Å². The van der Waals surface area contributed by atoms with Crippen molar-refractivity contribution in [2.24, 2.45) is 0 Å². The zero-order chi connectivity index (χ0) is 14.3. The SMILES string of the molecule is COCCCCCNS(=O)(=O)c1ccc(Cl)c(N)c1. The Hall–Kier alpha value is -0.820. The minimum atomic E-state index is -3.51. The first kappa shape index (κ1) is 16.2. The Bertz CT molecular complexity index is 506. The molecule has 0 aromatic heterocycles. The Balaban J connectivity index is 2.49. The lowest BCUT2D eigenvalue weighted by atomic mass is 10.2. The number of nitrogen functional groups attached to an aromatic ring is 1. The van der Waals surface area contributed by atoms with Crippen LogP contribution in [-0.2, 0) is 14.8 Å². The number of hydrogen-bond acceptors (Lipinski definition) is 4. The van der Waals surface area contributed by atoms with E-state index in [0.717, 1.165) is 19.3 Å². The van der Waals surface area contributed by atoms with Gasteiger partial charge >= 0.3 is 0 Å². The van der Waals surface area contributed by atoms with Crippen LogP contribution in [0.2, 0.25) is 5.02 Å². The highest BCUT2D eigenvalue weighted by Gasteiger charge is 2.14. The van der Waals surface area contributed by atoms with Gasteiger partial charge in [-0.25, -0.2) is 13.1 Å². The van der Waals surface area contributed by atoms with E-state index in [1.165, 1.54) is 18.2 Å². The summed E-state index contributed by atoms with van der Waals surface area (Å²) in [6.45, 7) is 1.09. The number of nitrogens with two attached hydrogens (primary N) is 1. The molecule has 0 amide bonds. The topological polar surface area (TPSA) is 81.4 Å². The summed E-state index contributed by atoms with van der Waals surface area (Å²) in [5, 5.41) is 0.346. The first-order chi connectivity index (χ1) is 8.97. The molecule has 0 aliphatic carbocycles. The molecule has 0 saturated carbocycles. The van der Waals surface area contributed by atoms with Crippen molar-refractivity contribution in [3.05, 3.63) is 23.2 Å². The average Bonchev–Trinajstić information content (AvgIpc) is 2.36. The van der Waals surface area contributed by atoms with Gasteiger partial charge < -0.3 is 10.5 Å². The van der Waals surface area contributed by atoms with Gasteiger partial charge in [0.1, 0.15) is 0 Å². The van der Waals surface area contributed by atoms with Gasteiger partial charge in [0.2, 0.25) is 10.0 Å². The van der Waals surface area contributed by atoms with E-state index in [2.05, 4.69) is 4.72 Å². The first-order valence-corrected chi connectivity index (χ1v) is 7.87. The van der Waals surface area contributed by atoms with E-state index in [9.17, 15) is 8.42 Å². The third-order valence-electron chi connectivity index (χ3n) is 2.60. The van der Waals surface area contributed by atoms with Crippen LogP contribution < -0.4 is 10.5 Å². The normalized spacial score (nSPS) is 11.7. The molecule has 1 aromatic rings. The van der Waals surface area contributed by atoms with Crippen molar-refractivity contribution in [1.82, 2.24) is 4.72 Å². The second-order valence-electron chi connectivity index (χ2n) is 4.13. The predicted octanol–water partition coefficient (Wildman–Crippen LogP) is 2.02. The van der Waals surface area contributed by atoms with Gasteiger partial charge in [0, 0.05) is 20.3 Å². The van der Waals surface area contributed by atoms with Crippen molar-refractivity contribution in [3.8, 4) is 0 Å². The second-order valence-corrected chi connectivity index (χ2v) is 6.31. The van der Waals surface area contributed by atoms with Crippen molar-refractivity contribution >= 4 is 27.3 Å². The molecule has 0 unspecified atom stereocenters. The summed E-state index contributed by atoms with van der Waals surface area (Å²) in [6, 6.07) is 4.27. The lowest BCUT2D eigenvalue weighted by molar-refractivity contribution is 0.192. The Morgan fingerprint density at radius 2 is 2.05 bits per heavy atom. The Labute approximate surface area is 119 Å². The number of rotatable bonds is 8. The molecule has 0 atom stereocenters. The van der Waals surface area contributed by atoms with Crippen LogP contribution in [0.25, 0.3) is 0 Å². The molecular formula is C12H19ClN2O3S. The summed E-state index contributed by atoms with van der Waals surface area (Å²) in [7, 11) is -1.87. The molecule has 0 bridgehead atoms. The summed E-state index contributed by atoms with van der Waals surface area (Å²) in [4.78, 5) is 0.131. The molecule has 1 aromatic carbocycles. The molecule has 1 rings (SSSR count). The molecule has 108 valence electrons. The fraction of sp³-hybridized carbons (Fsp3) is 0.500. The van der Waals surface area contributed by atoms with Gasteiger partial charge in [0.15, 0.2) is 0 Å². The number of nitrogens with one attached hydrogen (secondary N) is 1. The number of unbranched alkanes of at least 4 members (excludes halogenated alkanes) is 2. The molecule has 0 aliphatic heterocycles. The van der Waals surface area contributed by atoms with Crippen molar-refractivity contribution in [2.45, 2.75) is 24.2 Å². The smallest absolute Gasteiger partial charge is 0.240 e. The van der Waals surface area contributed by atoms with E-state index >= 15 is 0 Å². The number of methoxy groups -OCH3 is 1. The Kier molecular flexibility index (Phi) is 6.57. The molecule has 7 heteroatoms. The maximum atomic E-state index is 12.0. The molecule has 0 aliphatic rings. The van der Waals surface area contributed by atoms with Crippen LogP contribution in [0.3, 0.4) is 0 Å². The van der Waals surface area contributed by atoms with Crippen LogP contribution in [-0.4, -0.2) is 28.7 Å². The van der Waals surface area contributed by atoms with E-state index in [1.54, 1.807) is 7.11 Å². The molecule has 0 fully saturated rings. The number of halogens is 1. The Morgan fingerprint density at radius 3 is 2.68 bits per heavy atom. The number of anilines is 1. The van der Waals surface area contributed by atoms with Crippen molar-refractivity contribution in [1.29, 1.82) is 0 Å². The first-order valence-electron chi connectivity index (χ1n) is 6.01. The minimum Gasteiger partial charge on any atom is -0.397 e. The summed E-state index contributed by atoms with van der Waals surface area (Å²) in [5.74, 6) is 0. The summed E-state index contributed by atoms with van der Waals surface area (Å²) in [6.07, 6.45) is 2.61. The predicted molar refractivity (Wildman–Crippen MR) is 76.8 cm³/mol. The van der Waals surface area contributed by atoms with Gasteiger partial charge in [-0.2, -0.15) is 0 Å². The number of sulfonamides is 1. The monoisotopic (exact) mass is 306 g/mol. The van der Waals surface area contributed by atoms with Crippen LogP contribution in [0.1, 0.15) is 19.3 Å². The highest BCUT2D eigenvalue weighted by Crippen LogP contribution is 2.22. The van der Waals surface area contributed by atoms with E-state index < -0.39 is 10.0 Å². The van der Waals surface area contributed by atoms with Crippen LogP contribution in [0.5, 0.6) is 0 Å². The van der Waals surface area contributed by atoms with Crippen molar-refractivity contribution < 1.29 is 13.2 Å². The third kappa shape index (κ3) is 5.36. The van der Waals surface area contributed by atoms with Crippen molar-refractivity contribution in [3.63, 3.8) is 0 Å². The number of hydrogen-bond donors (Lipinski definition) is 2. The van der Waals surface area contributed by atoms with E-state index in [-0.39, 0.29) is 10.6 Å². The highest BCUT2D eigenvalue weighted by atomic mass is 35.5. The van der Waals surface area contributed by atoms with Crippen molar-refractivity contribution in [2.75, 3.05) is 26.0 Å². The molecule has 0 radical (unpaired) electrons. The third-order valence-corrected chi connectivity index (χ3v) is 4.40. The molecule has 5 nitrogen and oxygen atoms in total. The lowest BCUT2D eigenvalue weighted by Gasteiger charge is -2.08. The number of benzene rings is 1. The Morgan fingerprint density at radius 1 is 1.32 bits per heavy atom. The summed E-state index contributed by atoms with van der Waals surface area (Å²) < 4.78 is 31.3. The second kappa shape index (κ2) is 7.69. The van der Waals surface area contributed by atoms with E-state index in [0.29, 0.717) is 18.2 Å². The van der Waals surface area contributed by atoms with Gasteiger partial charge in [0.25, 0.3) is 0 Å². The fourth-order valence-corrected chi connectivity index (χ4v) is 2.75. The molecule has 0 heterocycles. The molecule has 0 saturated heterocycles. The lowest BCUT2D eigenvalue weighted by Crippen LogP contribution is -2.24. The largest absolute Gasteiger partial charge is 0.397 e. The molecule has 19 heavy (non-hydrogen) atoms. The average molecular weight is 307 g/mol. The molecule has 3 N–H and O–H groups in total. The van der Waals surface area contributed by atoms with Gasteiger partial charge in [-0.1, -0.05) is 11.6 Å². The highest BCUT2D eigenvalue weighted by molar-refractivity contribution is 7.89. The standard InChI is InChI=1S/C12H19ClN2O3S/c1-18-8-4-2-3-7-15-19(16,17)10-5-6-11(13)12(14)9-10/h5-6,9,15H,2-4,7-8,14H2,1H3. The van der Waals surface area contributed by atoms with Gasteiger partial charge in [-0.15, -0.1) is 0 Å². The van der Waals surface area contributed by atoms with Gasteiger partial charge in [0.05, 0.1) is 15.6 Å². The van der Waals surface area contributed by atoms with E-state index in [1.807, 2.05) is 0 Å². The summed E-state index contributed by atoms with van der Waals surface area (Å²) >= 11 is 5.75. The fourth-order valence-electron chi connectivity index (χ4n) is 1.53. The minimum absolute atomic E-state index is 0.131. The van der Waals surface area contributed by atoms with Crippen LogP contribution in [0.4, 0.5) is 5.69 Å². The van der Waals surface area contributed by atoms with Gasteiger partial charge in [-0.05, 0) is 37.5 Å². The van der Waals surface area contributed by atoms with E-state index in [4.69, 9.17) is 22.1 Å². The molecule has 0 spiro atoms. The van der Waals surface area contributed by atoms with Crippen LogP contribution in [0.15, 0.2) is 23.1 Å². The number of ether oxygens (including phenoxy) is 1. The maximum Gasteiger partial charge on any atom is 0.240 e. The summed E-state index contributed by atoms with van der Waals surface area (Å²) in [5.41, 5.74) is 5.84. The quantitative estimate of drug-likeness (QED) is 0.568. The van der Waals surface area contributed by atoms with Crippen LogP contribution in [0, 0.1) is 0 Å². The maximum absolute atomic E-state index is 12.0. The van der Waals surface area contributed by atoms with Crippen LogP contribution >= 0.6 is 11.6 Å². The zero-order valence-corrected chi connectivity index (χ0v) is 12.4.